The Kier molecular flexibility index (Phi) is 5.03. The van der Waals surface area contributed by atoms with Crippen LogP contribution >= 0.6 is 0 Å². The number of hydrogen-bond donors (Lipinski definition) is 2. The van der Waals surface area contributed by atoms with Crippen LogP contribution < -0.4 is 19.7 Å². The van der Waals surface area contributed by atoms with Gasteiger partial charge < -0.3 is 15.4 Å². The molecule has 0 radical (unpaired) electrons. The lowest BCUT2D eigenvalue weighted by Gasteiger charge is -2.29. The fourth-order valence-electron chi connectivity index (χ4n) is 2.96. The molecule has 2 amide bonds. The molecule has 0 fully saturated rings. The quantitative estimate of drug-likeness (QED) is 0.860. The molecule has 0 atom stereocenters. The molecule has 26 heavy (non-hydrogen) atoms. The number of amides is 2. The first-order valence-electron chi connectivity index (χ1n) is 8.19. The lowest BCUT2D eigenvalue weighted by Crippen LogP contribution is -2.34. The van der Waals surface area contributed by atoms with Crippen LogP contribution in [0.2, 0.25) is 0 Å². The van der Waals surface area contributed by atoms with E-state index in [1.165, 1.54) is 10.6 Å². The summed E-state index contributed by atoms with van der Waals surface area (Å²) in [5.41, 5.74) is 2.70. The summed E-state index contributed by atoms with van der Waals surface area (Å²) < 4.78 is 30.5. The number of methoxy groups -OCH3 is 1. The number of ether oxygens (including phenoxy) is 1. The van der Waals surface area contributed by atoms with Crippen LogP contribution in [0, 0.1) is 0 Å². The second-order valence-electron chi connectivity index (χ2n) is 6.09. The van der Waals surface area contributed by atoms with Gasteiger partial charge in [-0.2, -0.15) is 0 Å². The van der Waals surface area contributed by atoms with E-state index < -0.39 is 16.1 Å². The zero-order valence-electron chi connectivity index (χ0n) is 14.7. The molecule has 0 saturated heterocycles. The molecule has 0 bridgehead atoms. The average Bonchev–Trinajstić information content (AvgIpc) is 2.60. The summed E-state index contributed by atoms with van der Waals surface area (Å²) >= 11 is 0. The van der Waals surface area contributed by atoms with Gasteiger partial charge in [-0.25, -0.2) is 13.2 Å². The van der Waals surface area contributed by atoms with E-state index in [0.29, 0.717) is 29.4 Å². The monoisotopic (exact) mass is 375 g/mol. The molecule has 3 rings (SSSR count). The maximum absolute atomic E-state index is 12.2. The first kappa shape index (κ1) is 18.1. The van der Waals surface area contributed by atoms with Crippen molar-refractivity contribution in [1.82, 2.24) is 0 Å². The molecule has 1 heterocycles. The van der Waals surface area contributed by atoms with Crippen molar-refractivity contribution in [1.29, 1.82) is 0 Å². The largest absolute Gasteiger partial charge is 0.497 e. The highest BCUT2D eigenvalue weighted by atomic mass is 32.2. The third-order valence-corrected chi connectivity index (χ3v) is 5.33. The molecule has 0 spiro atoms. The van der Waals surface area contributed by atoms with E-state index in [0.717, 1.165) is 18.4 Å². The van der Waals surface area contributed by atoms with Gasteiger partial charge in [0, 0.05) is 24.0 Å². The number of anilines is 3. The number of aryl methyl sites for hydroxylation is 1. The van der Waals surface area contributed by atoms with Gasteiger partial charge in [0.25, 0.3) is 0 Å². The Morgan fingerprint density at radius 3 is 2.54 bits per heavy atom. The second-order valence-corrected chi connectivity index (χ2v) is 8.00. The summed E-state index contributed by atoms with van der Waals surface area (Å²) in [5, 5.41) is 5.46. The standard InChI is InChI=1S/C18H21N3O4S/c1-25-16-7-3-6-14(11-16)19-18(22)20-15-9-8-13-5-4-10-21(17(13)12-15)26(2,23)24/h3,6-9,11-12H,4-5,10H2,1-2H3,(H2,19,20,22). The summed E-state index contributed by atoms with van der Waals surface area (Å²) in [4.78, 5) is 12.2. The molecule has 138 valence electrons. The minimum Gasteiger partial charge on any atom is -0.497 e. The average molecular weight is 375 g/mol. The van der Waals surface area contributed by atoms with E-state index in [2.05, 4.69) is 10.6 Å². The minimum absolute atomic E-state index is 0.417. The molecule has 0 saturated carbocycles. The summed E-state index contributed by atoms with van der Waals surface area (Å²) in [7, 11) is -1.79. The van der Waals surface area contributed by atoms with E-state index in [9.17, 15) is 13.2 Å². The Morgan fingerprint density at radius 1 is 1.12 bits per heavy atom. The van der Waals surface area contributed by atoms with Crippen molar-refractivity contribution in [2.75, 3.05) is 34.8 Å². The lowest BCUT2D eigenvalue weighted by molar-refractivity contribution is 0.262. The van der Waals surface area contributed by atoms with Crippen LogP contribution in [0.5, 0.6) is 5.75 Å². The van der Waals surface area contributed by atoms with Crippen molar-refractivity contribution >= 4 is 33.1 Å². The van der Waals surface area contributed by atoms with Crippen LogP contribution in [0.1, 0.15) is 12.0 Å². The normalized spacial score (nSPS) is 13.7. The van der Waals surface area contributed by atoms with Crippen molar-refractivity contribution in [3.63, 3.8) is 0 Å². The number of carbonyl (C=O) groups excluding carboxylic acids is 1. The number of benzene rings is 2. The SMILES string of the molecule is COc1cccc(NC(=O)Nc2ccc3c(c2)N(S(C)(=O)=O)CCC3)c1. The van der Waals surface area contributed by atoms with E-state index >= 15 is 0 Å². The molecule has 2 aromatic rings. The Bertz CT molecular complexity index is 928. The third kappa shape index (κ3) is 4.08. The van der Waals surface area contributed by atoms with Crippen molar-refractivity contribution in [3.8, 4) is 5.75 Å². The molecule has 0 unspecified atom stereocenters. The summed E-state index contributed by atoms with van der Waals surface area (Å²) in [5.74, 6) is 0.639. The zero-order chi connectivity index (χ0) is 18.7. The van der Waals surface area contributed by atoms with E-state index in [1.807, 2.05) is 6.07 Å². The third-order valence-electron chi connectivity index (χ3n) is 4.15. The fraction of sp³-hybridized carbons (Fsp3) is 0.278. The van der Waals surface area contributed by atoms with Gasteiger partial charge in [-0.05, 0) is 42.7 Å². The Balaban J connectivity index is 1.77. The van der Waals surface area contributed by atoms with Crippen LogP contribution in [0.3, 0.4) is 0 Å². The topological polar surface area (TPSA) is 87.7 Å². The Hall–Kier alpha value is -2.74. The molecular weight excluding hydrogens is 354 g/mol. The van der Waals surface area contributed by atoms with Crippen molar-refractivity contribution in [3.05, 3.63) is 48.0 Å². The fourth-order valence-corrected chi connectivity index (χ4v) is 3.95. The number of fused-ring (bicyclic) bond motifs is 1. The predicted octanol–water partition coefficient (Wildman–Crippen LogP) is 3.05. The van der Waals surface area contributed by atoms with Crippen molar-refractivity contribution in [2.24, 2.45) is 0 Å². The van der Waals surface area contributed by atoms with Crippen molar-refractivity contribution < 1.29 is 17.9 Å². The zero-order valence-corrected chi connectivity index (χ0v) is 15.5. The molecule has 8 heteroatoms. The van der Waals surface area contributed by atoms with Gasteiger partial charge in [0.05, 0.1) is 19.1 Å². The van der Waals surface area contributed by atoms with Crippen LogP contribution in [-0.4, -0.2) is 34.4 Å². The first-order chi connectivity index (χ1) is 12.4. The molecule has 7 nitrogen and oxygen atoms in total. The summed E-state index contributed by atoms with van der Waals surface area (Å²) in [6.07, 6.45) is 2.79. The number of nitrogens with one attached hydrogen (secondary N) is 2. The minimum atomic E-state index is -3.35. The van der Waals surface area contributed by atoms with Crippen LogP contribution in [0.25, 0.3) is 0 Å². The predicted molar refractivity (Wildman–Crippen MR) is 103 cm³/mol. The summed E-state index contributed by atoms with van der Waals surface area (Å²) in [6, 6.07) is 11.9. The smallest absolute Gasteiger partial charge is 0.323 e. The highest BCUT2D eigenvalue weighted by Gasteiger charge is 2.24. The molecule has 2 aromatic carbocycles. The number of nitrogens with zero attached hydrogens (tertiary/aromatic N) is 1. The Morgan fingerprint density at radius 2 is 1.85 bits per heavy atom. The molecule has 2 N–H and O–H groups in total. The van der Waals surface area contributed by atoms with Gasteiger partial charge in [0.2, 0.25) is 10.0 Å². The van der Waals surface area contributed by atoms with Gasteiger partial charge in [-0.1, -0.05) is 12.1 Å². The number of rotatable bonds is 4. The lowest BCUT2D eigenvalue weighted by atomic mass is 10.0. The van der Waals surface area contributed by atoms with Crippen LogP contribution in [0.4, 0.5) is 21.9 Å². The van der Waals surface area contributed by atoms with Gasteiger partial charge in [-0.15, -0.1) is 0 Å². The van der Waals surface area contributed by atoms with Gasteiger partial charge in [-0.3, -0.25) is 4.31 Å². The first-order valence-corrected chi connectivity index (χ1v) is 10.0. The van der Waals surface area contributed by atoms with Crippen LogP contribution in [0.15, 0.2) is 42.5 Å². The van der Waals surface area contributed by atoms with E-state index in [4.69, 9.17) is 4.74 Å². The highest BCUT2D eigenvalue weighted by molar-refractivity contribution is 7.92. The maximum Gasteiger partial charge on any atom is 0.323 e. The maximum atomic E-state index is 12.2. The highest BCUT2D eigenvalue weighted by Crippen LogP contribution is 2.31. The molecule has 0 aromatic heterocycles. The molecular formula is C18H21N3O4S. The van der Waals surface area contributed by atoms with Gasteiger partial charge >= 0.3 is 6.03 Å². The van der Waals surface area contributed by atoms with Crippen molar-refractivity contribution in [2.45, 2.75) is 12.8 Å². The summed E-state index contributed by atoms with van der Waals surface area (Å²) in [6.45, 7) is 0.450. The second kappa shape index (κ2) is 7.25. The van der Waals surface area contributed by atoms with Crippen LogP contribution in [-0.2, 0) is 16.4 Å². The number of carbonyl (C=O) groups is 1. The van der Waals surface area contributed by atoms with E-state index in [1.54, 1.807) is 43.5 Å². The van der Waals surface area contributed by atoms with Gasteiger partial charge in [0.15, 0.2) is 0 Å². The van der Waals surface area contributed by atoms with Gasteiger partial charge in [0.1, 0.15) is 5.75 Å². The molecule has 0 aliphatic carbocycles. The molecule has 1 aliphatic heterocycles. The number of hydrogen-bond acceptors (Lipinski definition) is 4. The number of urea groups is 1. The Labute approximate surface area is 153 Å². The number of sulfonamides is 1. The van der Waals surface area contributed by atoms with E-state index in [-0.39, 0.29) is 0 Å². The molecule has 1 aliphatic rings.